The van der Waals surface area contributed by atoms with Gasteiger partial charge >= 0.3 is 17.1 Å². The number of halogens is 4. The second-order valence-electron chi connectivity index (χ2n) is 6.43. The van der Waals surface area contributed by atoms with E-state index in [2.05, 4.69) is 20.9 Å². The fourth-order valence-corrected chi connectivity index (χ4v) is 2.94. The van der Waals surface area contributed by atoms with Gasteiger partial charge in [-0.15, -0.1) is 0 Å². The monoisotopic (exact) mass is 516 g/mol. The smallest absolute Gasteiger partial charge is 0.368 e. The summed E-state index contributed by atoms with van der Waals surface area (Å²) in [5.74, 6) is -1.74. The molecule has 0 atom stereocenters. The van der Waals surface area contributed by atoms with Gasteiger partial charge in [0.2, 0.25) is 5.82 Å². The van der Waals surface area contributed by atoms with E-state index in [0.29, 0.717) is 0 Å². The zero-order valence-corrected chi connectivity index (χ0v) is 18.6. The Bertz CT molecular complexity index is 1530. The first kappa shape index (κ1) is 24.5. The molecule has 0 aliphatic rings. The molecule has 0 amide bonds. The van der Waals surface area contributed by atoms with Crippen LogP contribution >= 0.6 is 23.2 Å². The van der Waals surface area contributed by atoms with Crippen molar-refractivity contribution in [1.29, 1.82) is 0 Å². The van der Waals surface area contributed by atoms with Crippen LogP contribution in [0.5, 0.6) is 0 Å². The van der Waals surface area contributed by atoms with Gasteiger partial charge < -0.3 is 5.73 Å². The maximum atomic E-state index is 13.2. The lowest BCUT2D eigenvalue weighted by Gasteiger charge is -2.04. The molecule has 0 saturated carbocycles. The Balaban J connectivity index is 0.000000192. The number of nitrogen functional groups attached to an aromatic ring is 1. The van der Waals surface area contributed by atoms with Gasteiger partial charge in [-0.3, -0.25) is 10.1 Å². The fraction of sp³-hybridized carbons (Fsp3) is 0.125. The van der Waals surface area contributed by atoms with Crippen LogP contribution in [0.2, 0.25) is 10.0 Å². The molecule has 2 heterocycles. The summed E-state index contributed by atoms with van der Waals surface area (Å²) in [4.78, 5) is 32.8. The first-order chi connectivity index (χ1) is 15.9. The van der Waals surface area contributed by atoms with E-state index < -0.39 is 33.6 Å². The van der Waals surface area contributed by atoms with E-state index in [-0.39, 0.29) is 27.1 Å². The minimum Gasteiger partial charge on any atom is -0.396 e. The highest BCUT2D eigenvalue weighted by atomic mass is 35.5. The molecule has 0 aliphatic carbocycles. The second-order valence-corrected chi connectivity index (χ2v) is 7.25. The van der Waals surface area contributed by atoms with Crippen molar-refractivity contribution in [2.75, 3.05) is 5.73 Å². The summed E-state index contributed by atoms with van der Waals surface area (Å²) in [5.41, 5.74) is 3.40. The van der Waals surface area contributed by atoms with Crippen LogP contribution in [-0.2, 0) is 14.1 Å². The lowest BCUT2D eigenvalue weighted by Crippen LogP contribution is -2.22. The molecule has 34 heavy (non-hydrogen) atoms. The predicted molar refractivity (Wildman–Crippen MR) is 114 cm³/mol. The molecular formula is C16H12Cl2F2N10O4. The zero-order valence-electron chi connectivity index (χ0n) is 17.1. The quantitative estimate of drug-likeness (QED) is 0.236. The molecule has 0 saturated heterocycles. The Morgan fingerprint density at radius 3 is 1.71 bits per heavy atom. The normalized spacial score (nSPS) is 10.6. The van der Waals surface area contributed by atoms with Crippen molar-refractivity contribution in [3.05, 3.63) is 77.0 Å². The van der Waals surface area contributed by atoms with Crippen LogP contribution in [0.25, 0.3) is 11.4 Å². The molecule has 0 unspecified atom stereocenters. The number of nitrogens with zero attached hydrogens (tertiary/aromatic N) is 9. The summed E-state index contributed by atoms with van der Waals surface area (Å²) in [5, 5.41) is 24.4. The Morgan fingerprint density at radius 2 is 1.29 bits per heavy atom. The van der Waals surface area contributed by atoms with Crippen molar-refractivity contribution in [2.24, 2.45) is 14.1 Å². The average Bonchev–Trinajstić information content (AvgIpc) is 3.27. The molecule has 18 heteroatoms. The molecular weight excluding hydrogens is 505 g/mol. The zero-order chi connectivity index (χ0) is 25.3. The summed E-state index contributed by atoms with van der Waals surface area (Å²) < 4.78 is 29.9. The van der Waals surface area contributed by atoms with E-state index in [1.54, 1.807) is 0 Å². The van der Waals surface area contributed by atoms with Gasteiger partial charge in [0.25, 0.3) is 0 Å². The molecule has 4 rings (SSSR count). The molecule has 0 spiro atoms. The summed E-state index contributed by atoms with van der Waals surface area (Å²) in [6.07, 6.45) is 0. The number of anilines is 1. The van der Waals surface area contributed by atoms with Crippen LogP contribution in [0.3, 0.4) is 0 Å². The van der Waals surface area contributed by atoms with Gasteiger partial charge in [0.05, 0.1) is 32.0 Å². The Hall–Kier alpha value is -4.18. The van der Waals surface area contributed by atoms with Crippen LogP contribution in [0.4, 0.5) is 20.2 Å². The topological polar surface area (TPSA) is 175 Å². The third kappa shape index (κ3) is 4.62. The predicted octanol–water partition coefficient (Wildman–Crippen LogP) is 1.01. The van der Waals surface area contributed by atoms with Crippen LogP contribution in [0, 0.1) is 21.7 Å². The first-order valence-electron chi connectivity index (χ1n) is 8.79. The van der Waals surface area contributed by atoms with Gasteiger partial charge in [0.1, 0.15) is 5.82 Å². The highest BCUT2D eigenvalue weighted by Gasteiger charge is 2.20. The number of aryl methyl sites for hydroxylation is 2. The fourth-order valence-electron chi connectivity index (χ4n) is 2.47. The molecule has 14 nitrogen and oxygen atoms in total. The van der Waals surface area contributed by atoms with Crippen LogP contribution < -0.4 is 17.1 Å². The standard InChI is InChI=1S/C8H5ClFN5O3.C8H7ClFN5O/c1-13-8(16)14(12-11-13)6-3-7(15(17)18)5(10)2-4(6)9;1-14-8(16)15(13-12-14)7-3-6(11)5(10)2-4(7)9/h2-3H,1H3;2-3H,11H2,1H3. The molecule has 0 radical (unpaired) electrons. The Labute approximate surface area is 196 Å². The van der Waals surface area contributed by atoms with E-state index in [1.165, 1.54) is 20.2 Å². The number of nitrogens with two attached hydrogens (primary N) is 1. The van der Waals surface area contributed by atoms with E-state index in [0.717, 1.165) is 36.9 Å². The molecule has 0 bridgehead atoms. The number of aromatic nitrogens is 8. The molecule has 0 fully saturated rings. The second kappa shape index (κ2) is 9.36. The minimum atomic E-state index is -1.09. The summed E-state index contributed by atoms with van der Waals surface area (Å²) in [6.45, 7) is 0. The van der Waals surface area contributed by atoms with Crippen LogP contribution in [0.1, 0.15) is 0 Å². The number of hydrogen-bond donors (Lipinski definition) is 1. The van der Waals surface area contributed by atoms with E-state index >= 15 is 0 Å². The molecule has 2 N–H and O–H groups in total. The van der Waals surface area contributed by atoms with E-state index in [4.69, 9.17) is 28.9 Å². The highest BCUT2D eigenvalue weighted by molar-refractivity contribution is 6.32. The van der Waals surface area contributed by atoms with Gasteiger partial charge in [-0.2, -0.15) is 23.1 Å². The maximum absolute atomic E-state index is 13.2. The molecule has 0 aliphatic heterocycles. The summed E-state index contributed by atoms with van der Waals surface area (Å²) >= 11 is 11.5. The number of rotatable bonds is 3. The van der Waals surface area contributed by atoms with Crippen molar-refractivity contribution >= 4 is 34.6 Å². The Kier molecular flexibility index (Phi) is 6.73. The van der Waals surface area contributed by atoms with Gasteiger partial charge in [0, 0.05) is 26.2 Å². The third-order valence-electron chi connectivity index (χ3n) is 4.18. The lowest BCUT2D eigenvalue weighted by atomic mass is 10.2. The van der Waals surface area contributed by atoms with Gasteiger partial charge in [-0.1, -0.05) is 23.2 Å². The largest absolute Gasteiger partial charge is 0.396 e. The third-order valence-corrected chi connectivity index (χ3v) is 4.78. The number of tetrazole rings is 2. The lowest BCUT2D eigenvalue weighted by molar-refractivity contribution is -0.387. The molecule has 4 aromatic rings. The minimum absolute atomic E-state index is 0.0364. The Morgan fingerprint density at radius 1 is 0.853 bits per heavy atom. The number of benzene rings is 2. The number of hydrogen-bond acceptors (Lipinski definition) is 9. The molecule has 2 aromatic heterocycles. The summed E-state index contributed by atoms with van der Waals surface area (Å²) in [7, 11) is 2.78. The number of nitro groups is 1. The molecule has 178 valence electrons. The summed E-state index contributed by atoms with van der Waals surface area (Å²) in [6, 6.07) is 3.82. The van der Waals surface area contributed by atoms with Crippen molar-refractivity contribution in [3.63, 3.8) is 0 Å². The average molecular weight is 517 g/mol. The number of nitro benzene ring substituents is 1. The molecule has 2 aromatic carbocycles. The van der Waals surface area contributed by atoms with Gasteiger partial charge in [0.15, 0.2) is 0 Å². The van der Waals surface area contributed by atoms with Gasteiger partial charge in [-0.05, 0) is 33.0 Å². The van der Waals surface area contributed by atoms with Crippen molar-refractivity contribution in [1.82, 2.24) is 39.6 Å². The van der Waals surface area contributed by atoms with Crippen molar-refractivity contribution in [2.45, 2.75) is 0 Å². The van der Waals surface area contributed by atoms with Crippen LogP contribution in [0.15, 0.2) is 33.9 Å². The highest BCUT2D eigenvalue weighted by Crippen LogP contribution is 2.27. The SMILES string of the molecule is Cn1nnn(-c2cc(N)c(F)cc2Cl)c1=O.Cn1nnn(-c2cc([N+](=O)[O-])c(F)cc2Cl)c1=O. The van der Waals surface area contributed by atoms with E-state index in [9.17, 15) is 28.5 Å². The first-order valence-corrected chi connectivity index (χ1v) is 9.54. The van der Waals surface area contributed by atoms with Gasteiger partial charge in [-0.25, -0.2) is 14.0 Å². The van der Waals surface area contributed by atoms with Crippen molar-refractivity contribution in [3.8, 4) is 11.4 Å². The van der Waals surface area contributed by atoms with Crippen molar-refractivity contribution < 1.29 is 13.7 Å². The van der Waals surface area contributed by atoms with Crippen LogP contribution in [-0.4, -0.2) is 44.5 Å². The van der Waals surface area contributed by atoms with E-state index in [1.807, 2.05) is 0 Å². The maximum Gasteiger partial charge on any atom is 0.368 e.